The van der Waals surface area contributed by atoms with Crippen molar-refractivity contribution in [2.45, 2.75) is 12.8 Å². The molecule has 1 fully saturated rings. The van der Waals surface area contributed by atoms with Gasteiger partial charge in [0.2, 0.25) is 5.91 Å². The van der Waals surface area contributed by atoms with E-state index in [2.05, 4.69) is 17.1 Å². The third kappa shape index (κ3) is 2.34. The van der Waals surface area contributed by atoms with Gasteiger partial charge < -0.3 is 4.42 Å². The molecule has 0 bridgehead atoms. The van der Waals surface area contributed by atoms with Gasteiger partial charge in [0.1, 0.15) is 5.76 Å². The van der Waals surface area contributed by atoms with E-state index < -0.39 is 0 Å². The van der Waals surface area contributed by atoms with Gasteiger partial charge in [-0.25, -0.2) is 5.43 Å². The Hall–Kier alpha value is -1.84. The highest BCUT2D eigenvalue weighted by Gasteiger charge is 2.27. The number of rotatable bonds is 3. The molecule has 0 spiro atoms. The number of carbonyl (C=O) groups is 1. The van der Waals surface area contributed by atoms with Crippen molar-refractivity contribution >= 4 is 12.1 Å². The number of furan rings is 1. The second kappa shape index (κ2) is 4.13. The molecule has 1 aliphatic rings. The minimum atomic E-state index is -0.0507. The summed E-state index contributed by atoms with van der Waals surface area (Å²) in [5.74, 6) is 0.616. The van der Waals surface area contributed by atoms with Crippen LogP contribution in [-0.4, -0.2) is 12.1 Å². The molecular weight excluding hydrogens is 192 g/mol. The van der Waals surface area contributed by atoms with E-state index in [1.165, 1.54) is 6.21 Å². The summed E-state index contributed by atoms with van der Waals surface area (Å²) in [6.45, 7) is 3.78. The van der Waals surface area contributed by atoms with Crippen LogP contribution in [0.2, 0.25) is 0 Å². The van der Waals surface area contributed by atoms with Crippen molar-refractivity contribution in [3.8, 4) is 0 Å². The Morgan fingerprint density at radius 3 is 3.07 bits per heavy atom. The van der Waals surface area contributed by atoms with Gasteiger partial charge in [-0.2, -0.15) is 5.10 Å². The smallest absolute Gasteiger partial charge is 0.243 e. The summed E-state index contributed by atoms with van der Waals surface area (Å²) in [6, 6.07) is 3.53. The highest BCUT2D eigenvalue weighted by atomic mass is 16.3. The van der Waals surface area contributed by atoms with Crippen LogP contribution in [0.25, 0.3) is 0 Å². The van der Waals surface area contributed by atoms with Crippen LogP contribution in [0.3, 0.4) is 0 Å². The maximum atomic E-state index is 11.4. The Morgan fingerprint density at radius 1 is 1.67 bits per heavy atom. The standard InChI is InChI=1S/C11H12N2O2/c1-8-5-9(6-8)11(14)13-12-7-10-3-2-4-15-10/h2-4,7,9H,1,5-6H2,(H,13,14)/b12-7-. The van der Waals surface area contributed by atoms with Crippen LogP contribution >= 0.6 is 0 Å². The van der Waals surface area contributed by atoms with Crippen LogP contribution in [0.5, 0.6) is 0 Å². The van der Waals surface area contributed by atoms with Gasteiger partial charge in [-0.1, -0.05) is 12.2 Å². The van der Waals surface area contributed by atoms with E-state index in [0.717, 1.165) is 18.4 Å². The van der Waals surface area contributed by atoms with Gasteiger partial charge in [0.25, 0.3) is 0 Å². The topological polar surface area (TPSA) is 54.6 Å². The van der Waals surface area contributed by atoms with Gasteiger partial charge >= 0.3 is 0 Å². The number of nitrogens with zero attached hydrogens (tertiary/aromatic N) is 1. The third-order valence-electron chi connectivity index (χ3n) is 2.35. The average Bonchev–Trinajstić information content (AvgIpc) is 2.65. The van der Waals surface area contributed by atoms with Crippen molar-refractivity contribution in [2.24, 2.45) is 11.0 Å². The first-order valence-electron chi connectivity index (χ1n) is 4.79. The molecule has 1 saturated carbocycles. The van der Waals surface area contributed by atoms with Crippen LogP contribution in [0.15, 0.2) is 40.1 Å². The lowest BCUT2D eigenvalue weighted by molar-refractivity contribution is -0.126. The van der Waals surface area contributed by atoms with Crippen LogP contribution in [-0.2, 0) is 4.79 Å². The van der Waals surface area contributed by atoms with Crippen LogP contribution in [0, 0.1) is 5.92 Å². The summed E-state index contributed by atoms with van der Waals surface area (Å²) in [4.78, 5) is 11.4. The number of carbonyl (C=O) groups excluding carboxylic acids is 1. The molecule has 15 heavy (non-hydrogen) atoms. The zero-order valence-corrected chi connectivity index (χ0v) is 8.27. The van der Waals surface area contributed by atoms with Crippen molar-refractivity contribution < 1.29 is 9.21 Å². The van der Waals surface area contributed by atoms with Crippen molar-refractivity contribution in [1.29, 1.82) is 0 Å². The van der Waals surface area contributed by atoms with E-state index in [4.69, 9.17) is 4.42 Å². The lowest BCUT2D eigenvalue weighted by Gasteiger charge is -2.25. The minimum Gasteiger partial charge on any atom is -0.463 e. The summed E-state index contributed by atoms with van der Waals surface area (Å²) in [7, 11) is 0. The summed E-state index contributed by atoms with van der Waals surface area (Å²) in [6.07, 6.45) is 4.59. The molecule has 4 heteroatoms. The molecule has 4 nitrogen and oxygen atoms in total. The van der Waals surface area contributed by atoms with E-state index in [9.17, 15) is 4.79 Å². The molecule has 0 aliphatic heterocycles. The molecule has 0 unspecified atom stereocenters. The minimum absolute atomic E-state index is 0.0475. The number of hydrazone groups is 1. The maximum absolute atomic E-state index is 11.4. The molecular formula is C11H12N2O2. The first-order chi connectivity index (χ1) is 7.25. The SMILES string of the molecule is C=C1CC(C(=O)N/N=C\c2ccco2)C1. The predicted octanol–water partition coefficient (Wildman–Crippen LogP) is 1.70. The van der Waals surface area contributed by atoms with Crippen LogP contribution in [0.1, 0.15) is 18.6 Å². The molecule has 2 rings (SSSR count). The van der Waals surface area contributed by atoms with Gasteiger partial charge in [0, 0.05) is 5.92 Å². The molecule has 1 aromatic rings. The van der Waals surface area contributed by atoms with Gasteiger partial charge in [-0.05, 0) is 25.0 Å². The Morgan fingerprint density at radius 2 is 2.47 bits per heavy atom. The van der Waals surface area contributed by atoms with Crippen molar-refractivity contribution in [2.75, 3.05) is 0 Å². The number of nitrogens with one attached hydrogen (secondary N) is 1. The summed E-state index contributed by atoms with van der Waals surface area (Å²) >= 11 is 0. The first-order valence-corrected chi connectivity index (χ1v) is 4.79. The van der Waals surface area contributed by atoms with E-state index >= 15 is 0 Å². The molecule has 0 saturated heterocycles. The summed E-state index contributed by atoms with van der Waals surface area (Å²) in [5.41, 5.74) is 3.60. The first kappa shape index (κ1) is 9.71. The molecule has 0 atom stereocenters. The van der Waals surface area contributed by atoms with Crippen molar-refractivity contribution in [1.82, 2.24) is 5.43 Å². The number of amides is 1. The Labute approximate surface area is 87.7 Å². The second-order valence-corrected chi connectivity index (χ2v) is 3.60. The average molecular weight is 204 g/mol. The zero-order valence-electron chi connectivity index (χ0n) is 8.27. The van der Waals surface area contributed by atoms with Gasteiger partial charge in [-0.3, -0.25) is 4.79 Å². The molecule has 78 valence electrons. The Bertz CT molecular complexity index is 385. The monoisotopic (exact) mass is 204 g/mol. The molecule has 1 N–H and O–H groups in total. The maximum Gasteiger partial charge on any atom is 0.243 e. The molecule has 1 aliphatic carbocycles. The predicted molar refractivity (Wildman–Crippen MR) is 56.3 cm³/mol. The van der Waals surface area contributed by atoms with E-state index in [-0.39, 0.29) is 11.8 Å². The number of allylic oxidation sites excluding steroid dienone is 1. The van der Waals surface area contributed by atoms with Gasteiger partial charge in [-0.15, -0.1) is 0 Å². The zero-order chi connectivity index (χ0) is 10.7. The fourth-order valence-electron chi connectivity index (χ4n) is 1.44. The highest BCUT2D eigenvalue weighted by molar-refractivity contribution is 5.83. The number of hydrogen-bond donors (Lipinski definition) is 1. The van der Waals surface area contributed by atoms with E-state index in [0.29, 0.717) is 5.76 Å². The number of hydrogen-bond acceptors (Lipinski definition) is 3. The normalized spacial score (nSPS) is 16.7. The summed E-state index contributed by atoms with van der Waals surface area (Å²) < 4.78 is 5.02. The van der Waals surface area contributed by atoms with Crippen LogP contribution < -0.4 is 5.43 Å². The van der Waals surface area contributed by atoms with Crippen molar-refractivity contribution in [3.05, 3.63) is 36.3 Å². The molecule has 1 aromatic heterocycles. The second-order valence-electron chi connectivity index (χ2n) is 3.60. The lowest BCUT2D eigenvalue weighted by atomic mass is 9.81. The van der Waals surface area contributed by atoms with E-state index in [1.54, 1.807) is 18.4 Å². The molecule has 1 amide bonds. The fourth-order valence-corrected chi connectivity index (χ4v) is 1.44. The largest absolute Gasteiger partial charge is 0.463 e. The molecule has 0 aromatic carbocycles. The van der Waals surface area contributed by atoms with E-state index in [1.807, 2.05) is 0 Å². The molecule has 0 radical (unpaired) electrons. The van der Waals surface area contributed by atoms with Gasteiger partial charge in [0.05, 0.1) is 12.5 Å². The van der Waals surface area contributed by atoms with Gasteiger partial charge in [0.15, 0.2) is 0 Å². The fraction of sp³-hybridized carbons (Fsp3) is 0.273. The molecule has 1 heterocycles. The quantitative estimate of drug-likeness (QED) is 0.463. The Kier molecular flexibility index (Phi) is 2.67. The third-order valence-corrected chi connectivity index (χ3v) is 2.35. The van der Waals surface area contributed by atoms with Crippen LogP contribution in [0.4, 0.5) is 0 Å². The lowest BCUT2D eigenvalue weighted by Crippen LogP contribution is -2.32. The Balaban J connectivity index is 1.78. The van der Waals surface area contributed by atoms with Crippen molar-refractivity contribution in [3.63, 3.8) is 0 Å². The highest BCUT2D eigenvalue weighted by Crippen LogP contribution is 2.31. The summed E-state index contributed by atoms with van der Waals surface area (Å²) in [5, 5.41) is 3.79.